The molecule has 0 aromatic carbocycles. The first kappa shape index (κ1) is 23.6. The lowest BCUT2D eigenvalue weighted by Crippen LogP contribution is -2.55. The lowest BCUT2D eigenvalue weighted by Gasteiger charge is -2.41. The zero-order valence-corrected chi connectivity index (χ0v) is 20.4. The third-order valence-electron chi connectivity index (χ3n) is 5.28. The number of thiophene rings is 1. The van der Waals surface area contributed by atoms with E-state index in [-0.39, 0.29) is 18.1 Å². The van der Waals surface area contributed by atoms with Crippen molar-refractivity contribution in [2.45, 2.75) is 64.5 Å². The van der Waals surface area contributed by atoms with E-state index in [0.29, 0.717) is 30.1 Å². The van der Waals surface area contributed by atoms with Crippen LogP contribution in [0.15, 0.2) is 18.5 Å². The van der Waals surface area contributed by atoms with E-state index in [1.54, 1.807) is 31.7 Å². The van der Waals surface area contributed by atoms with Crippen LogP contribution in [0.2, 0.25) is 0 Å². The van der Waals surface area contributed by atoms with Gasteiger partial charge in [0.2, 0.25) is 0 Å². The molecule has 0 spiro atoms. The minimum absolute atomic E-state index is 0.00191. The molecule has 31 heavy (non-hydrogen) atoms. The number of ether oxygens (including phenoxy) is 1. The smallest absolute Gasteiger partial charge is 0.334 e. The van der Waals surface area contributed by atoms with Crippen LogP contribution in [0, 0.1) is 0 Å². The van der Waals surface area contributed by atoms with E-state index >= 15 is 0 Å². The summed E-state index contributed by atoms with van der Waals surface area (Å²) in [6, 6.07) is 0.830. The molecule has 172 valence electrons. The number of carbonyl (C=O) groups is 1. The predicted molar refractivity (Wildman–Crippen MR) is 123 cm³/mol. The van der Waals surface area contributed by atoms with Crippen LogP contribution in [-0.2, 0) is 22.0 Å². The van der Waals surface area contributed by atoms with Crippen LogP contribution < -0.4 is 14.3 Å². The average molecular weight is 470 g/mol. The Kier molecular flexibility index (Phi) is 6.97. The number of amides is 2. The van der Waals surface area contributed by atoms with E-state index in [1.807, 2.05) is 19.9 Å². The van der Waals surface area contributed by atoms with Crippen molar-refractivity contribution in [3.63, 3.8) is 0 Å². The number of nitrogens with zero attached hydrogens (tertiary/aromatic N) is 3. The van der Waals surface area contributed by atoms with Crippen molar-refractivity contribution in [3.05, 3.63) is 28.2 Å². The van der Waals surface area contributed by atoms with Crippen LogP contribution in [0.1, 0.15) is 62.1 Å². The number of nitrogens with one attached hydrogen (secondary N) is 2. The molecule has 1 fully saturated rings. The Morgan fingerprint density at radius 3 is 2.48 bits per heavy atom. The zero-order chi connectivity index (χ0) is 22.9. The lowest BCUT2D eigenvalue weighted by atomic mass is 9.89. The highest BCUT2D eigenvalue weighted by Crippen LogP contribution is 2.37. The molecule has 0 aliphatic heterocycles. The van der Waals surface area contributed by atoms with E-state index in [1.165, 1.54) is 15.2 Å². The van der Waals surface area contributed by atoms with Crippen LogP contribution in [0.25, 0.3) is 0 Å². The van der Waals surface area contributed by atoms with Crippen LogP contribution >= 0.6 is 11.3 Å². The van der Waals surface area contributed by atoms with E-state index in [4.69, 9.17) is 4.74 Å². The number of carbonyl (C=O) groups excluding carboxylic acids is 1. The Morgan fingerprint density at radius 2 is 1.97 bits per heavy atom. The highest BCUT2D eigenvalue weighted by Gasteiger charge is 2.41. The van der Waals surface area contributed by atoms with Crippen LogP contribution in [0.3, 0.4) is 0 Å². The van der Waals surface area contributed by atoms with Crippen LogP contribution in [0.4, 0.5) is 16.2 Å². The van der Waals surface area contributed by atoms with Gasteiger partial charge in [0, 0.05) is 30.1 Å². The van der Waals surface area contributed by atoms with Crippen molar-refractivity contribution in [2.75, 3.05) is 16.7 Å². The molecule has 2 heterocycles. The zero-order valence-electron chi connectivity index (χ0n) is 18.7. The van der Waals surface area contributed by atoms with E-state index in [2.05, 4.69) is 29.0 Å². The first-order valence-corrected chi connectivity index (χ1v) is 12.6. The number of urea groups is 1. The molecule has 0 radical (unpaired) electrons. The number of aryl methyl sites for hydroxylation is 1. The van der Waals surface area contributed by atoms with Gasteiger partial charge in [-0.25, -0.2) is 13.8 Å². The highest BCUT2D eigenvalue weighted by molar-refractivity contribution is 7.91. The van der Waals surface area contributed by atoms with Gasteiger partial charge in [0.1, 0.15) is 0 Å². The summed E-state index contributed by atoms with van der Waals surface area (Å²) in [5.41, 5.74) is 1.05. The molecule has 2 aromatic rings. The van der Waals surface area contributed by atoms with Gasteiger partial charge in [-0.05, 0) is 30.7 Å². The van der Waals surface area contributed by atoms with E-state index in [9.17, 15) is 13.2 Å². The summed E-state index contributed by atoms with van der Waals surface area (Å²) >= 11 is 1.63. The largest absolute Gasteiger partial charge is 0.381 e. The topological polar surface area (TPSA) is 106 Å². The SMILES string of the molecule is COC1CC(N(c2cnn(C)c2)S(=O)(=O)NC(=O)Nc2cc(C(C)C)sc2C(C)C)C1. The van der Waals surface area contributed by atoms with Gasteiger partial charge >= 0.3 is 16.2 Å². The molecule has 0 atom stereocenters. The quantitative estimate of drug-likeness (QED) is 0.612. The van der Waals surface area contributed by atoms with Crippen LogP contribution in [0.5, 0.6) is 0 Å². The number of hydrogen-bond donors (Lipinski definition) is 2. The fraction of sp³-hybridized carbons (Fsp3) is 0.600. The van der Waals surface area contributed by atoms with Crippen molar-refractivity contribution in [1.82, 2.24) is 14.5 Å². The van der Waals surface area contributed by atoms with Gasteiger partial charge in [-0.2, -0.15) is 13.5 Å². The second-order valence-electron chi connectivity index (χ2n) is 8.45. The van der Waals surface area contributed by atoms with Gasteiger partial charge in [-0.15, -0.1) is 11.3 Å². The van der Waals surface area contributed by atoms with Gasteiger partial charge < -0.3 is 10.1 Å². The predicted octanol–water partition coefficient (Wildman–Crippen LogP) is 3.78. The maximum Gasteiger partial charge on any atom is 0.334 e. The molecule has 3 rings (SSSR count). The molecule has 9 nitrogen and oxygen atoms in total. The van der Waals surface area contributed by atoms with Gasteiger partial charge in [0.25, 0.3) is 0 Å². The lowest BCUT2D eigenvalue weighted by molar-refractivity contribution is 0.0291. The average Bonchev–Trinajstić information content (AvgIpc) is 3.23. The summed E-state index contributed by atoms with van der Waals surface area (Å²) in [5, 5.41) is 6.82. The van der Waals surface area contributed by atoms with Crippen molar-refractivity contribution in [3.8, 4) is 0 Å². The minimum Gasteiger partial charge on any atom is -0.381 e. The summed E-state index contributed by atoms with van der Waals surface area (Å²) in [4.78, 5) is 14.9. The molecule has 1 saturated carbocycles. The molecular weight excluding hydrogens is 438 g/mol. The summed E-state index contributed by atoms with van der Waals surface area (Å²) in [6.07, 6.45) is 4.19. The number of anilines is 2. The Bertz CT molecular complexity index is 1020. The Morgan fingerprint density at radius 1 is 1.29 bits per heavy atom. The standard InChI is InChI=1S/C20H31N5O4S2/c1-12(2)18-9-17(19(30-18)13(3)4)22-20(26)23-31(27,28)25(14-7-16(8-14)29-6)15-10-21-24(5)11-15/h9-14,16H,7-8H2,1-6H3,(H2,22,23,26). The summed E-state index contributed by atoms with van der Waals surface area (Å²) < 4.78 is 36.6. The molecule has 1 aliphatic carbocycles. The van der Waals surface area contributed by atoms with Crippen molar-refractivity contribution in [2.24, 2.45) is 7.05 Å². The van der Waals surface area contributed by atoms with Gasteiger partial charge in [0.15, 0.2) is 0 Å². The number of hydrogen-bond acceptors (Lipinski definition) is 6. The minimum atomic E-state index is -4.15. The molecular formula is C20H31N5O4S2. The maximum atomic E-state index is 13.2. The highest BCUT2D eigenvalue weighted by atomic mass is 32.2. The summed E-state index contributed by atoms with van der Waals surface area (Å²) in [5.74, 6) is 0.524. The molecule has 2 aromatic heterocycles. The normalized spacial score (nSPS) is 18.8. The fourth-order valence-electron chi connectivity index (χ4n) is 3.54. The molecule has 1 aliphatic rings. The van der Waals surface area contributed by atoms with E-state index in [0.717, 1.165) is 9.75 Å². The Hall–Kier alpha value is -2.11. The molecule has 11 heteroatoms. The number of aromatic nitrogens is 2. The summed E-state index contributed by atoms with van der Waals surface area (Å²) in [7, 11) is -0.833. The third kappa shape index (κ3) is 5.21. The van der Waals surface area contributed by atoms with Gasteiger partial charge in [0.05, 0.1) is 29.7 Å². The molecule has 2 amide bonds. The first-order valence-electron chi connectivity index (χ1n) is 10.3. The molecule has 0 unspecified atom stereocenters. The summed E-state index contributed by atoms with van der Waals surface area (Å²) in [6.45, 7) is 8.26. The van der Waals surface area contributed by atoms with Crippen LogP contribution in [-0.4, -0.2) is 43.5 Å². The second kappa shape index (κ2) is 9.17. The first-order chi connectivity index (χ1) is 14.5. The Balaban J connectivity index is 1.80. The molecule has 2 N–H and O–H groups in total. The molecule has 0 bridgehead atoms. The second-order valence-corrected chi connectivity index (χ2v) is 11.1. The third-order valence-corrected chi connectivity index (χ3v) is 8.49. The maximum absolute atomic E-state index is 13.2. The van der Waals surface area contributed by atoms with Crippen molar-refractivity contribution < 1.29 is 17.9 Å². The number of methoxy groups -OCH3 is 1. The van der Waals surface area contributed by atoms with Crippen molar-refractivity contribution in [1.29, 1.82) is 0 Å². The van der Waals surface area contributed by atoms with Gasteiger partial charge in [-0.1, -0.05) is 27.7 Å². The fourth-order valence-corrected chi connectivity index (χ4v) is 5.98. The number of rotatable bonds is 8. The Labute approximate surface area is 188 Å². The molecule has 0 saturated heterocycles. The van der Waals surface area contributed by atoms with Gasteiger partial charge in [-0.3, -0.25) is 4.68 Å². The monoisotopic (exact) mass is 469 g/mol. The van der Waals surface area contributed by atoms with Crippen molar-refractivity contribution >= 4 is 39.0 Å². The van der Waals surface area contributed by atoms with E-state index < -0.39 is 16.2 Å².